The lowest BCUT2D eigenvalue weighted by Gasteiger charge is -2.20. The number of nitrogens with one attached hydrogen (secondary N) is 1. The molecule has 0 heterocycles. The van der Waals surface area contributed by atoms with Crippen LogP contribution in [0.4, 0.5) is 0 Å². The first-order valence-corrected chi connectivity index (χ1v) is 7.90. The van der Waals surface area contributed by atoms with Gasteiger partial charge in [0.15, 0.2) is 0 Å². The van der Waals surface area contributed by atoms with Gasteiger partial charge in [-0.2, -0.15) is 0 Å². The molecule has 1 rings (SSSR count). The average molecular weight is 328 g/mol. The second kappa shape index (κ2) is 8.60. The third kappa shape index (κ3) is 9.06. The Morgan fingerprint density at radius 1 is 1.11 bits per heavy atom. The van der Waals surface area contributed by atoms with Gasteiger partial charge in [0, 0.05) is 10.0 Å². The number of halogens is 1. The largest absolute Gasteiger partial charge is 0.494 e. The monoisotopic (exact) mass is 327 g/mol. The standard InChI is InChI=1S/C16H26BrNO/c1-16(2,3)18-11-6-4-5-7-12-19-15-10-8-9-14(17)13-15/h8-10,13,18H,4-7,11-12H2,1-3H3. The molecule has 1 N–H and O–H groups in total. The number of benzene rings is 1. The van der Waals surface area contributed by atoms with Crippen molar-refractivity contribution in [3.8, 4) is 5.75 Å². The average Bonchev–Trinajstić information content (AvgIpc) is 2.31. The van der Waals surface area contributed by atoms with E-state index >= 15 is 0 Å². The maximum atomic E-state index is 5.70. The van der Waals surface area contributed by atoms with Crippen molar-refractivity contribution >= 4 is 15.9 Å². The van der Waals surface area contributed by atoms with E-state index in [1.54, 1.807) is 0 Å². The third-order valence-electron chi connectivity index (χ3n) is 2.79. The summed E-state index contributed by atoms with van der Waals surface area (Å²) in [5, 5.41) is 3.51. The van der Waals surface area contributed by atoms with Crippen LogP contribution in [-0.4, -0.2) is 18.7 Å². The molecule has 0 saturated heterocycles. The molecule has 0 spiro atoms. The fourth-order valence-corrected chi connectivity index (χ4v) is 2.17. The van der Waals surface area contributed by atoms with Gasteiger partial charge < -0.3 is 10.1 Å². The lowest BCUT2D eigenvalue weighted by molar-refractivity contribution is 0.303. The minimum atomic E-state index is 0.240. The van der Waals surface area contributed by atoms with Gasteiger partial charge in [-0.15, -0.1) is 0 Å². The summed E-state index contributed by atoms with van der Waals surface area (Å²) in [5.41, 5.74) is 0.240. The van der Waals surface area contributed by atoms with Crippen LogP contribution in [0, 0.1) is 0 Å². The molecule has 0 aliphatic heterocycles. The van der Waals surface area contributed by atoms with Crippen molar-refractivity contribution in [3.05, 3.63) is 28.7 Å². The summed E-state index contributed by atoms with van der Waals surface area (Å²) in [6.07, 6.45) is 4.88. The van der Waals surface area contributed by atoms with Crippen LogP contribution in [0.1, 0.15) is 46.5 Å². The van der Waals surface area contributed by atoms with Crippen molar-refractivity contribution in [1.29, 1.82) is 0 Å². The summed E-state index contributed by atoms with van der Waals surface area (Å²) >= 11 is 3.44. The molecule has 0 radical (unpaired) electrons. The molecular weight excluding hydrogens is 302 g/mol. The highest BCUT2D eigenvalue weighted by Gasteiger charge is 2.06. The maximum absolute atomic E-state index is 5.70. The zero-order valence-electron chi connectivity index (χ0n) is 12.3. The molecule has 0 saturated carbocycles. The van der Waals surface area contributed by atoms with E-state index in [9.17, 15) is 0 Å². The highest BCUT2D eigenvalue weighted by atomic mass is 79.9. The first-order chi connectivity index (χ1) is 8.97. The molecule has 0 aromatic heterocycles. The van der Waals surface area contributed by atoms with Crippen molar-refractivity contribution in [3.63, 3.8) is 0 Å². The number of hydrogen-bond acceptors (Lipinski definition) is 2. The SMILES string of the molecule is CC(C)(C)NCCCCCCOc1cccc(Br)c1. The molecule has 1 aromatic rings. The fraction of sp³-hybridized carbons (Fsp3) is 0.625. The highest BCUT2D eigenvalue weighted by Crippen LogP contribution is 2.18. The van der Waals surface area contributed by atoms with Gasteiger partial charge in [-0.25, -0.2) is 0 Å². The molecule has 108 valence electrons. The molecular formula is C16H26BrNO. The summed E-state index contributed by atoms with van der Waals surface area (Å²) in [6, 6.07) is 8.01. The van der Waals surface area contributed by atoms with Gasteiger partial charge in [0.25, 0.3) is 0 Å². The van der Waals surface area contributed by atoms with Gasteiger partial charge >= 0.3 is 0 Å². The Morgan fingerprint density at radius 2 is 1.84 bits per heavy atom. The summed E-state index contributed by atoms with van der Waals surface area (Å²) in [4.78, 5) is 0. The van der Waals surface area contributed by atoms with E-state index in [1.807, 2.05) is 24.3 Å². The number of hydrogen-bond donors (Lipinski definition) is 1. The van der Waals surface area contributed by atoms with Crippen molar-refractivity contribution in [1.82, 2.24) is 5.32 Å². The van der Waals surface area contributed by atoms with Crippen LogP contribution in [0.2, 0.25) is 0 Å². The molecule has 2 nitrogen and oxygen atoms in total. The summed E-state index contributed by atoms with van der Waals surface area (Å²) in [6.45, 7) is 8.54. The van der Waals surface area contributed by atoms with Crippen LogP contribution >= 0.6 is 15.9 Å². The van der Waals surface area contributed by atoms with Crippen LogP contribution in [0.3, 0.4) is 0 Å². The van der Waals surface area contributed by atoms with E-state index < -0.39 is 0 Å². The van der Waals surface area contributed by atoms with Crippen LogP contribution in [0.5, 0.6) is 5.75 Å². The van der Waals surface area contributed by atoms with E-state index in [0.29, 0.717) is 0 Å². The van der Waals surface area contributed by atoms with Crippen LogP contribution in [-0.2, 0) is 0 Å². The predicted molar refractivity (Wildman–Crippen MR) is 85.9 cm³/mol. The molecule has 0 bridgehead atoms. The van der Waals surface area contributed by atoms with Crippen molar-refractivity contribution in [2.75, 3.05) is 13.2 Å². The van der Waals surface area contributed by atoms with Crippen LogP contribution in [0.15, 0.2) is 28.7 Å². The first kappa shape index (κ1) is 16.5. The second-order valence-electron chi connectivity index (χ2n) is 5.90. The summed E-state index contributed by atoms with van der Waals surface area (Å²) in [7, 11) is 0. The zero-order valence-corrected chi connectivity index (χ0v) is 13.9. The zero-order chi connectivity index (χ0) is 14.1. The Hall–Kier alpha value is -0.540. The lowest BCUT2D eigenvalue weighted by atomic mass is 10.1. The smallest absolute Gasteiger partial charge is 0.120 e. The van der Waals surface area contributed by atoms with Crippen LogP contribution in [0.25, 0.3) is 0 Å². The fourth-order valence-electron chi connectivity index (χ4n) is 1.79. The van der Waals surface area contributed by atoms with Gasteiger partial charge in [0.1, 0.15) is 5.75 Å². The van der Waals surface area contributed by atoms with Gasteiger partial charge in [-0.05, 0) is 58.4 Å². The van der Waals surface area contributed by atoms with E-state index in [1.165, 1.54) is 19.3 Å². The highest BCUT2D eigenvalue weighted by molar-refractivity contribution is 9.10. The van der Waals surface area contributed by atoms with Gasteiger partial charge in [-0.1, -0.05) is 34.8 Å². The summed E-state index contributed by atoms with van der Waals surface area (Å²) in [5.74, 6) is 0.948. The molecule has 3 heteroatoms. The number of rotatable bonds is 8. The van der Waals surface area contributed by atoms with Gasteiger partial charge in [0.05, 0.1) is 6.61 Å². The Bertz CT molecular complexity index is 360. The van der Waals surface area contributed by atoms with E-state index in [2.05, 4.69) is 42.0 Å². The quantitative estimate of drug-likeness (QED) is 0.694. The minimum Gasteiger partial charge on any atom is -0.494 e. The molecule has 0 atom stereocenters. The van der Waals surface area contributed by atoms with Crippen molar-refractivity contribution in [2.45, 2.75) is 52.0 Å². The Labute approximate surface area is 126 Å². The van der Waals surface area contributed by atoms with Gasteiger partial charge in [-0.3, -0.25) is 0 Å². The molecule has 0 fully saturated rings. The normalized spacial score (nSPS) is 11.6. The Balaban J connectivity index is 1.97. The van der Waals surface area contributed by atoms with E-state index in [0.717, 1.165) is 29.8 Å². The van der Waals surface area contributed by atoms with Crippen LogP contribution < -0.4 is 10.1 Å². The van der Waals surface area contributed by atoms with Crippen molar-refractivity contribution in [2.24, 2.45) is 0 Å². The molecule has 0 aliphatic carbocycles. The molecule has 19 heavy (non-hydrogen) atoms. The third-order valence-corrected chi connectivity index (χ3v) is 3.28. The number of ether oxygens (including phenoxy) is 1. The summed E-state index contributed by atoms with van der Waals surface area (Å²) < 4.78 is 6.77. The number of unbranched alkanes of at least 4 members (excludes halogenated alkanes) is 3. The lowest BCUT2D eigenvalue weighted by Crippen LogP contribution is -2.36. The predicted octanol–water partition coefficient (Wildman–Crippen LogP) is 4.78. The van der Waals surface area contributed by atoms with E-state index in [4.69, 9.17) is 4.74 Å². The first-order valence-electron chi connectivity index (χ1n) is 7.11. The molecule has 0 amide bonds. The Kier molecular flexibility index (Phi) is 7.47. The van der Waals surface area contributed by atoms with Gasteiger partial charge in [0.2, 0.25) is 0 Å². The maximum Gasteiger partial charge on any atom is 0.120 e. The topological polar surface area (TPSA) is 21.3 Å². The van der Waals surface area contributed by atoms with E-state index in [-0.39, 0.29) is 5.54 Å². The molecule has 1 aromatic carbocycles. The molecule has 0 unspecified atom stereocenters. The molecule has 0 aliphatic rings. The Morgan fingerprint density at radius 3 is 2.53 bits per heavy atom. The van der Waals surface area contributed by atoms with Crippen molar-refractivity contribution < 1.29 is 4.74 Å². The minimum absolute atomic E-state index is 0.240. The second-order valence-corrected chi connectivity index (χ2v) is 6.81.